The molecule has 0 bridgehead atoms. The minimum atomic E-state index is -0.878. The van der Waals surface area contributed by atoms with Gasteiger partial charge in [-0.2, -0.15) is 0 Å². The Labute approximate surface area is 99.7 Å². The molecule has 78 valence electrons. The molecule has 15 heavy (non-hydrogen) atoms. The minimum absolute atomic E-state index is 0.373. The van der Waals surface area contributed by atoms with E-state index in [1.54, 1.807) is 0 Å². The molecule has 0 amide bonds. The summed E-state index contributed by atoms with van der Waals surface area (Å²) in [5, 5.41) is 9.91. The van der Waals surface area contributed by atoms with Crippen molar-refractivity contribution in [2.45, 2.75) is 13.8 Å². The maximum Gasteiger partial charge on any atom is 0.338 e. The Hall–Kier alpha value is -0.870. The first kappa shape index (κ1) is 10.6. The summed E-state index contributed by atoms with van der Waals surface area (Å²) in [4.78, 5) is 11.1. The van der Waals surface area contributed by atoms with Gasteiger partial charge in [-0.25, -0.2) is 4.79 Å². The van der Waals surface area contributed by atoms with Crippen molar-refractivity contribution >= 4 is 43.3 Å². The summed E-state index contributed by atoms with van der Waals surface area (Å²) in [6.45, 7) is 4.02. The lowest BCUT2D eigenvalue weighted by Gasteiger charge is -2.00. The van der Waals surface area contributed by atoms with Crippen LogP contribution in [-0.4, -0.2) is 11.1 Å². The third-order valence-corrected chi connectivity index (χ3v) is 4.30. The van der Waals surface area contributed by atoms with Gasteiger partial charge in [0.25, 0.3) is 0 Å². The van der Waals surface area contributed by atoms with Gasteiger partial charge in [0.1, 0.15) is 0 Å². The Bertz CT molecular complexity index is 557. The van der Waals surface area contributed by atoms with Crippen molar-refractivity contribution in [2.24, 2.45) is 0 Å². The van der Waals surface area contributed by atoms with Crippen LogP contribution in [0.1, 0.15) is 21.5 Å². The molecule has 0 fully saturated rings. The third-order valence-electron chi connectivity index (χ3n) is 2.48. The average Bonchev–Trinajstić information content (AvgIpc) is 2.41. The number of carbonyl (C=O) groups is 1. The van der Waals surface area contributed by atoms with Gasteiger partial charge in [0.2, 0.25) is 0 Å². The van der Waals surface area contributed by atoms with Crippen LogP contribution < -0.4 is 0 Å². The van der Waals surface area contributed by atoms with E-state index in [4.69, 9.17) is 5.11 Å². The topological polar surface area (TPSA) is 37.3 Å². The van der Waals surface area contributed by atoms with Crippen molar-refractivity contribution in [3.05, 3.63) is 32.6 Å². The van der Waals surface area contributed by atoms with Gasteiger partial charge in [0.05, 0.1) is 9.35 Å². The van der Waals surface area contributed by atoms with Crippen molar-refractivity contribution in [3.63, 3.8) is 0 Å². The Balaban J connectivity index is 2.87. The van der Waals surface area contributed by atoms with Crippen LogP contribution in [0, 0.1) is 13.8 Å². The highest BCUT2D eigenvalue weighted by molar-refractivity contribution is 9.11. The van der Waals surface area contributed by atoms with E-state index < -0.39 is 5.97 Å². The Morgan fingerprint density at radius 1 is 1.33 bits per heavy atom. The van der Waals surface area contributed by atoms with Crippen LogP contribution in [0.3, 0.4) is 0 Å². The lowest BCUT2D eigenvalue weighted by molar-refractivity contribution is 0.0698. The van der Waals surface area contributed by atoms with Crippen molar-refractivity contribution in [1.29, 1.82) is 0 Å². The molecule has 1 heterocycles. The van der Waals surface area contributed by atoms with Crippen molar-refractivity contribution in [3.8, 4) is 0 Å². The van der Waals surface area contributed by atoms with E-state index in [0.717, 1.165) is 15.6 Å². The normalized spacial score (nSPS) is 10.9. The van der Waals surface area contributed by atoms with Crippen LogP contribution in [0.4, 0.5) is 0 Å². The number of thiophene rings is 1. The highest BCUT2D eigenvalue weighted by Gasteiger charge is 2.16. The van der Waals surface area contributed by atoms with Gasteiger partial charge in [-0.15, -0.1) is 11.3 Å². The molecule has 0 aliphatic heterocycles. The van der Waals surface area contributed by atoms with Crippen LogP contribution in [0.25, 0.3) is 10.1 Å². The Morgan fingerprint density at radius 2 is 1.93 bits per heavy atom. The molecule has 1 N–H and O–H groups in total. The van der Waals surface area contributed by atoms with Gasteiger partial charge in [-0.1, -0.05) is 0 Å². The SMILES string of the molecule is Cc1cc2sc(Br)c(C(=O)O)c2cc1C. The van der Waals surface area contributed by atoms with Crippen molar-refractivity contribution < 1.29 is 9.90 Å². The zero-order chi connectivity index (χ0) is 11.2. The van der Waals surface area contributed by atoms with Crippen LogP contribution in [-0.2, 0) is 0 Å². The summed E-state index contributed by atoms with van der Waals surface area (Å²) in [7, 11) is 0. The highest BCUT2D eigenvalue weighted by Crippen LogP contribution is 2.36. The lowest BCUT2D eigenvalue weighted by atomic mass is 10.1. The number of benzene rings is 1. The number of fused-ring (bicyclic) bond motifs is 1. The van der Waals surface area contributed by atoms with Crippen molar-refractivity contribution in [1.82, 2.24) is 0 Å². The molecule has 4 heteroatoms. The monoisotopic (exact) mass is 284 g/mol. The van der Waals surface area contributed by atoms with E-state index in [1.165, 1.54) is 16.9 Å². The summed E-state index contributed by atoms with van der Waals surface area (Å²) in [5.41, 5.74) is 2.68. The van der Waals surface area contributed by atoms with Crippen LogP contribution >= 0.6 is 27.3 Å². The fourth-order valence-electron chi connectivity index (χ4n) is 1.52. The molecule has 0 spiro atoms. The number of aromatic carboxylic acids is 1. The lowest BCUT2D eigenvalue weighted by Crippen LogP contribution is -1.95. The zero-order valence-electron chi connectivity index (χ0n) is 8.30. The molecule has 2 rings (SSSR count). The number of rotatable bonds is 1. The second-order valence-electron chi connectivity index (χ2n) is 3.49. The maximum absolute atomic E-state index is 11.1. The van der Waals surface area contributed by atoms with E-state index in [1.807, 2.05) is 26.0 Å². The summed E-state index contributed by atoms with van der Waals surface area (Å²) in [5.74, 6) is -0.878. The van der Waals surface area contributed by atoms with E-state index >= 15 is 0 Å². The number of hydrogen-bond donors (Lipinski definition) is 1. The van der Waals surface area contributed by atoms with Gasteiger partial charge in [-0.3, -0.25) is 0 Å². The number of carboxylic acid groups (broad SMARTS) is 1. The number of aryl methyl sites for hydroxylation is 2. The molecule has 2 aromatic rings. The van der Waals surface area contributed by atoms with E-state index in [-0.39, 0.29) is 0 Å². The molecule has 0 aliphatic rings. The van der Waals surface area contributed by atoms with Gasteiger partial charge in [-0.05, 0) is 53.0 Å². The standard InChI is InChI=1S/C11H9BrO2S/c1-5-3-7-8(4-6(5)2)15-10(12)9(7)11(13)14/h3-4H,1-2H3,(H,13,14). The van der Waals surface area contributed by atoms with Crippen LogP contribution in [0.2, 0.25) is 0 Å². The van der Waals surface area contributed by atoms with Gasteiger partial charge in [0.15, 0.2) is 0 Å². The van der Waals surface area contributed by atoms with Crippen LogP contribution in [0.15, 0.2) is 15.9 Å². The molecule has 0 saturated carbocycles. The highest BCUT2D eigenvalue weighted by atomic mass is 79.9. The fourth-order valence-corrected chi connectivity index (χ4v) is 3.43. The summed E-state index contributed by atoms with van der Waals surface area (Å²) in [6, 6.07) is 3.97. The second kappa shape index (κ2) is 3.61. The number of halogens is 1. The van der Waals surface area contributed by atoms with Crippen LogP contribution in [0.5, 0.6) is 0 Å². The van der Waals surface area contributed by atoms with E-state index in [2.05, 4.69) is 15.9 Å². The molecule has 1 aromatic heterocycles. The predicted molar refractivity (Wildman–Crippen MR) is 66.0 cm³/mol. The molecule has 1 aromatic carbocycles. The Kier molecular flexibility index (Phi) is 2.56. The Morgan fingerprint density at radius 3 is 2.53 bits per heavy atom. The largest absolute Gasteiger partial charge is 0.478 e. The van der Waals surface area contributed by atoms with Crippen molar-refractivity contribution in [2.75, 3.05) is 0 Å². The summed E-state index contributed by atoms with van der Waals surface area (Å²) >= 11 is 4.76. The smallest absolute Gasteiger partial charge is 0.338 e. The van der Waals surface area contributed by atoms with Gasteiger partial charge in [0, 0.05) is 10.1 Å². The molecule has 0 saturated heterocycles. The maximum atomic E-state index is 11.1. The third kappa shape index (κ3) is 1.68. The first-order valence-corrected chi connectivity index (χ1v) is 6.04. The number of hydrogen-bond acceptors (Lipinski definition) is 2. The fraction of sp³-hybridized carbons (Fsp3) is 0.182. The summed E-state index contributed by atoms with van der Waals surface area (Å²) < 4.78 is 1.71. The molecular formula is C11H9BrO2S. The van der Waals surface area contributed by atoms with Gasteiger partial charge >= 0.3 is 5.97 Å². The first-order valence-electron chi connectivity index (χ1n) is 4.43. The minimum Gasteiger partial charge on any atom is -0.478 e. The zero-order valence-corrected chi connectivity index (χ0v) is 10.7. The van der Waals surface area contributed by atoms with Gasteiger partial charge < -0.3 is 5.11 Å². The quantitative estimate of drug-likeness (QED) is 0.860. The second-order valence-corrected chi connectivity index (χ2v) is 5.86. The molecule has 2 nitrogen and oxygen atoms in total. The number of carboxylic acids is 1. The summed E-state index contributed by atoms with van der Waals surface area (Å²) in [6.07, 6.45) is 0. The van der Waals surface area contributed by atoms with E-state index in [0.29, 0.717) is 9.35 Å². The molecule has 0 aliphatic carbocycles. The molecule has 0 radical (unpaired) electrons. The predicted octanol–water partition coefficient (Wildman–Crippen LogP) is 3.98. The molecule has 0 unspecified atom stereocenters. The first-order chi connectivity index (χ1) is 7.00. The molecule has 0 atom stereocenters. The average molecular weight is 285 g/mol. The molecular weight excluding hydrogens is 276 g/mol. The van der Waals surface area contributed by atoms with E-state index in [9.17, 15) is 4.79 Å².